The molecular weight excluding hydrogens is 249 g/mol. The molecule has 0 bridgehead atoms. The molecule has 0 saturated carbocycles. The summed E-state index contributed by atoms with van der Waals surface area (Å²) < 4.78 is 14.9. The fourth-order valence-electron chi connectivity index (χ4n) is 1.83. The molecule has 2 heterocycles. The lowest BCUT2D eigenvalue weighted by Gasteiger charge is -2.05. The predicted molar refractivity (Wildman–Crippen MR) is 72.0 cm³/mol. The van der Waals surface area contributed by atoms with Gasteiger partial charge in [0.2, 0.25) is 0 Å². The third-order valence-electron chi connectivity index (χ3n) is 2.76. The molecule has 2 N–H and O–H groups in total. The highest BCUT2D eigenvalue weighted by Gasteiger charge is 2.13. The highest BCUT2D eigenvalue weighted by Crippen LogP contribution is 2.28. The van der Waals surface area contributed by atoms with Crippen molar-refractivity contribution >= 4 is 27.4 Å². The van der Waals surface area contributed by atoms with Crippen LogP contribution in [-0.4, -0.2) is 9.97 Å². The van der Waals surface area contributed by atoms with Crippen LogP contribution in [0.15, 0.2) is 29.6 Å². The molecule has 0 aliphatic carbocycles. The molecule has 0 saturated heterocycles. The molecule has 3 nitrogen and oxygen atoms in total. The Labute approximate surface area is 107 Å². The maximum atomic E-state index is 14.0. The van der Waals surface area contributed by atoms with E-state index in [-0.39, 0.29) is 5.82 Å². The van der Waals surface area contributed by atoms with Crippen LogP contribution in [0.5, 0.6) is 0 Å². The first kappa shape index (κ1) is 11.1. The fraction of sp³-hybridized carbons (Fsp3) is 0.0769. The summed E-state index contributed by atoms with van der Waals surface area (Å²) >= 11 is 1.48. The average molecular weight is 259 g/mol. The Hall–Kier alpha value is -2.01. The molecule has 3 aromatic rings. The van der Waals surface area contributed by atoms with Gasteiger partial charge in [0.15, 0.2) is 5.82 Å². The van der Waals surface area contributed by atoms with Crippen LogP contribution in [0.3, 0.4) is 0 Å². The van der Waals surface area contributed by atoms with E-state index in [2.05, 4.69) is 9.97 Å². The highest BCUT2D eigenvalue weighted by molar-refractivity contribution is 7.17. The molecule has 3 rings (SSSR count). The first-order chi connectivity index (χ1) is 8.66. The first-order valence-electron chi connectivity index (χ1n) is 5.43. The number of anilines is 1. The molecule has 0 amide bonds. The van der Waals surface area contributed by atoms with Crippen molar-refractivity contribution in [3.8, 4) is 11.4 Å². The van der Waals surface area contributed by atoms with Crippen LogP contribution >= 0.6 is 11.3 Å². The van der Waals surface area contributed by atoms with E-state index in [1.54, 1.807) is 25.1 Å². The number of nitrogens with zero attached hydrogens (tertiary/aromatic N) is 2. The van der Waals surface area contributed by atoms with Crippen molar-refractivity contribution in [1.82, 2.24) is 9.97 Å². The number of halogens is 1. The SMILES string of the molecule is Cc1cccc(-c2nc(N)c3sccc3n2)c1F. The Balaban J connectivity index is 2.28. The van der Waals surface area contributed by atoms with Crippen molar-refractivity contribution in [3.63, 3.8) is 0 Å². The van der Waals surface area contributed by atoms with E-state index in [9.17, 15) is 4.39 Å². The van der Waals surface area contributed by atoms with E-state index < -0.39 is 0 Å². The number of benzene rings is 1. The van der Waals surface area contributed by atoms with Gasteiger partial charge in [-0.15, -0.1) is 11.3 Å². The highest BCUT2D eigenvalue weighted by atomic mass is 32.1. The minimum Gasteiger partial charge on any atom is -0.382 e. The molecule has 0 unspecified atom stereocenters. The molecule has 5 heteroatoms. The Morgan fingerprint density at radius 2 is 2.06 bits per heavy atom. The largest absolute Gasteiger partial charge is 0.382 e. The van der Waals surface area contributed by atoms with E-state index in [4.69, 9.17) is 5.73 Å². The molecule has 0 aliphatic heterocycles. The van der Waals surface area contributed by atoms with E-state index >= 15 is 0 Å². The van der Waals surface area contributed by atoms with Gasteiger partial charge in [0.25, 0.3) is 0 Å². The second-order valence-electron chi connectivity index (χ2n) is 4.00. The number of rotatable bonds is 1. The monoisotopic (exact) mass is 259 g/mol. The predicted octanol–water partition coefficient (Wildman–Crippen LogP) is 3.39. The van der Waals surface area contributed by atoms with Crippen LogP contribution in [0.25, 0.3) is 21.6 Å². The second kappa shape index (κ2) is 4.03. The first-order valence-corrected chi connectivity index (χ1v) is 6.31. The topological polar surface area (TPSA) is 51.8 Å². The van der Waals surface area contributed by atoms with Gasteiger partial charge in [-0.3, -0.25) is 0 Å². The summed E-state index contributed by atoms with van der Waals surface area (Å²) in [5.41, 5.74) is 7.57. The Morgan fingerprint density at radius 1 is 1.22 bits per heavy atom. The quantitative estimate of drug-likeness (QED) is 0.728. The summed E-state index contributed by atoms with van der Waals surface area (Å²) in [7, 11) is 0. The van der Waals surface area contributed by atoms with Gasteiger partial charge < -0.3 is 5.73 Å². The standard InChI is InChI=1S/C13H10FN3S/c1-7-3-2-4-8(10(7)14)13-16-9-5-6-18-11(9)12(15)17-13/h2-6H,1H3,(H2,15,16,17). The summed E-state index contributed by atoms with van der Waals surface area (Å²) in [5.74, 6) is 0.428. The van der Waals surface area contributed by atoms with Crippen LogP contribution in [0, 0.1) is 12.7 Å². The minimum absolute atomic E-state index is 0.300. The lowest BCUT2D eigenvalue weighted by Crippen LogP contribution is -1.98. The second-order valence-corrected chi connectivity index (χ2v) is 4.92. The summed E-state index contributed by atoms with van der Waals surface area (Å²) in [6, 6.07) is 7.01. The number of aryl methyl sites for hydroxylation is 1. The lowest BCUT2D eigenvalue weighted by atomic mass is 10.1. The zero-order valence-electron chi connectivity index (χ0n) is 9.64. The van der Waals surface area contributed by atoms with Crippen molar-refractivity contribution in [2.45, 2.75) is 6.92 Å². The van der Waals surface area contributed by atoms with Crippen LogP contribution in [0.4, 0.5) is 10.2 Å². The maximum Gasteiger partial charge on any atom is 0.165 e. The molecule has 1 aromatic carbocycles. The third kappa shape index (κ3) is 1.64. The summed E-state index contributed by atoms with van der Waals surface area (Å²) in [5, 5.41) is 1.89. The van der Waals surface area contributed by atoms with E-state index in [1.807, 2.05) is 11.4 Å². The average Bonchev–Trinajstić information content (AvgIpc) is 2.81. The molecule has 0 fully saturated rings. The summed E-state index contributed by atoms with van der Waals surface area (Å²) in [6.45, 7) is 1.71. The Morgan fingerprint density at radius 3 is 2.89 bits per heavy atom. The molecular formula is C13H10FN3S. The number of nitrogens with two attached hydrogens (primary N) is 1. The van der Waals surface area contributed by atoms with Gasteiger partial charge in [-0.1, -0.05) is 12.1 Å². The molecule has 2 aromatic heterocycles. The van der Waals surface area contributed by atoms with Crippen molar-refractivity contribution in [1.29, 1.82) is 0 Å². The van der Waals surface area contributed by atoms with Gasteiger partial charge in [-0.25, -0.2) is 14.4 Å². The van der Waals surface area contributed by atoms with E-state index in [0.29, 0.717) is 22.8 Å². The van der Waals surface area contributed by atoms with Gasteiger partial charge in [0.1, 0.15) is 11.6 Å². The number of nitrogen functional groups attached to an aromatic ring is 1. The number of hydrogen-bond donors (Lipinski definition) is 1. The van der Waals surface area contributed by atoms with Crippen LogP contribution in [-0.2, 0) is 0 Å². The normalized spacial score (nSPS) is 11.0. The Kier molecular flexibility index (Phi) is 2.48. The Bertz CT molecular complexity index is 736. The summed E-state index contributed by atoms with van der Waals surface area (Å²) in [6.07, 6.45) is 0. The minimum atomic E-state index is -0.300. The van der Waals surface area contributed by atoms with Crippen LogP contribution in [0.1, 0.15) is 5.56 Å². The molecule has 0 radical (unpaired) electrons. The van der Waals surface area contributed by atoms with Gasteiger partial charge in [0.05, 0.1) is 15.8 Å². The van der Waals surface area contributed by atoms with Crippen molar-refractivity contribution < 1.29 is 4.39 Å². The molecule has 0 spiro atoms. The molecule has 0 aliphatic rings. The number of hydrogen-bond acceptors (Lipinski definition) is 4. The van der Waals surface area contributed by atoms with E-state index in [1.165, 1.54) is 11.3 Å². The smallest absolute Gasteiger partial charge is 0.165 e. The zero-order valence-corrected chi connectivity index (χ0v) is 10.5. The molecule has 0 atom stereocenters. The number of fused-ring (bicyclic) bond motifs is 1. The van der Waals surface area contributed by atoms with Crippen LogP contribution < -0.4 is 5.73 Å². The zero-order chi connectivity index (χ0) is 12.7. The molecule has 90 valence electrons. The van der Waals surface area contributed by atoms with Crippen molar-refractivity contribution in [3.05, 3.63) is 41.0 Å². The fourth-order valence-corrected chi connectivity index (χ4v) is 2.56. The number of aromatic nitrogens is 2. The van der Waals surface area contributed by atoms with Gasteiger partial charge in [0, 0.05) is 0 Å². The maximum absolute atomic E-state index is 14.0. The lowest BCUT2D eigenvalue weighted by molar-refractivity contribution is 0.621. The van der Waals surface area contributed by atoms with Crippen molar-refractivity contribution in [2.24, 2.45) is 0 Å². The van der Waals surface area contributed by atoms with Gasteiger partial charge in [-0.2, -0.15) is 0 Å². The number of thiophene rings is 1. The third-order valence-corrected chi connectivity index (χ3v) is 3.69. The van der Waals surface area contributed by atoms with Crippen molar-refractivity contribution in [2.75, 3.05) is 5.73 Å². The summed E-state index contributed by atoms with van der Waals surface area (Å²) in [4.78, 5) is 8.53. The molecule has 18 heavy (non-hydrogen) atoms. The van der Waals surface area contributed by atoms with Crippen LogP contribution in [0.2, 0.25) is 0 Å². The van der Waals surface area contributed by atoms with Gasteiger partial charge >= 0.3 is 0 Å². The van der Waals surface area contributed by atoms with E-state index in [0.717, 1.165) is 10.2 Å². The van der Waals surface area contributed by atoms with Gasteiger partial charge in [-0.05, 0) is 30.0 Å².